The predicted molar refractivity (Wildman–Crippen MR) is 177 cm³/mol. The van der Waals surface area contributed by atoms with Crippen LogP contribution in [0.15, 0.2) is 60.9 Å². The van der Waals surface area contributed by atoms with Crippen molar-refractivity contribution in [2.24, 2.45) is 5.92 Å². The summed E-state index contributed by atoms with van der Waals surface area (Å²) in [5, 5.41) is 8.76. The molecule has 0 bridgehead atoms. The Hall–Kier alpha value is -3.40. The van der Waals surface area contributed by atoms with E-state index in [0.29, 0.717) is 19.0 Å². The summed E-state index contributed by atoms with van der Waals surface area (Å²) >= 11 is 3.46. The molecule has 7 nitrogen and oxygen atoms in total. The van der Waals surface area contributed by atoms with E-state index >= 15 is 0 Å². The minimum absolute atomic E-state index is 0.0275. The molecule has 7 rings (SSSR count). The van der Waals surface area contributed by atoms with Gasteiger partial charge in [0.05, 0.1) is 21.8 Å². The lowest BCUT2D eigenvalue weighted by molar-refractivity contribution is -0.137. The second-order valence-electron chi connectivity index (χ2n) is 12.2. The molecule has 2 saturated heterocycles. The van der Waals surface area contributed by atoms with E-state index in [4.69, 9.17) is 4.98 Å². The van der Waals surface area contributed by atoms with E-state index in [0.717, 1.165) is 54.1 Å². The van der Waals surface area contributed by atoms with Gasteiger partial charge in [0, 0.05) is 24.9 Å². The third-order valence-electron chi connectivity index (χ3n) is 9.04. The molecular weight excluding hydrogens is 587 g/mol. The van der Waals surface area contributed by atoms with Crippen molar-refractivity contribution < 1.29 is 9.59 Å². The monoisotopic (exact) mass is 625 g/mol. The van der Waals surface area contributed by atoms with E-state index in [1.165, 1.54) is 39.4 Å². The molecule has 9 heteroatoms. The Morgan fingerprint density at radius 1 is 0.864 bits per heavy atom. The first kappa shape index (κ1) is 29.3. The lowest BCUT2D eigenvalue weighted by Crippen LogP contribution is -2.48. The molecule has 2 aromatic heterocycles. The molecule has 0 radical (unpaired) electrons. The molecule has 2 N–H and O–H groups in total. The molecule has 4 aromatic rings. The van der Waals surface area contributed by atoms with Crippen molar-refractivity contribution in [3.63, 3.8) is 0 Å². The Morgan fingerprint density at radius 2 is 1.48 bits per heavy atom. The predicted octanol–water partition coefficient (Wildman–Crippen LogP) is 7.38. The summed E-state index contributed by atoms with van der Waals surface area (Å²) < 4.78 is 0. The van der Waals surface area contributed by atoms with E-state index in [1.807, 2.05) is 17.3 Å². The van der Waals surface area contributed by atoms with Crippen LogP contribution in [0.2, 0.25) is 0 Å². The van der Waals surface area contributed by atoms with Crippen LogP contribution in [0.4, 0.5) is 0 Å². The van der Waals surface area contributed by atoms with Crippen molar-refractivity contribution in [2.45, 2.75) is 76.4 Å². The topological polar surface area (TPSA) is 87.2 Å². The van der Waals surface area contributed by atoms with Gasteiger partial charge in [-0.15, -0.1) is 22.7 Å². The standard InChI is InChI=1S/C35H39N5O2S2/c1-2-5-28(39-32(41)26-16-17-26)35(42)40-19-4-7-29(40)34-38-21-31(44-34)25-14-10-23(11-15-25)22-8-12-24(13-9-22)30-20-37-33(43-30)27-6-3-18-36-27/h8-15,20-21,26-29,36H,2-7,16-19H2,1H3,(H,39,41)/t27-,28+,29-/m0/s1. The second kappa shape index (κ2) is 12.9. The van der Waals surface area contributed by atoms with E-state index < -0.39 is 6.04 Å². The molecule has 0 unspecified atom stereocenters. The highest BCUT2D eigenvalue weighted by molar-refractivity contribution is 7.15. The third-order valence-corrected chi connectivity index (χ3v) is 11.3. The maximum absolute atomic E-state index is 13.6. The van der Waals surface area contributed by atoms with E-state index in [-0.39, 0.29) is 23.8 Å². The van der Waals surface area contributed by atoms with Gasteiger partial charge in [-0.2, -0.15) is 0 Å². The van der Waals surface area contributed by atoms with Crippen molar-refractivity contribution in [3.8, 4) is 32.0 Å². The molecule has 3 fully saturated rings. The lowest BCUT2D eigenvalue weighted by Gasteiger charge is -2.28. The number of rotatable bonds is 10. The summed E-state index contributed by atoms with van der Waals surface area (Å²) in [6.07, 6.45) is 11.6. The quantitative estimate of drug-likeness (QED) is 0.192. The maximum Gasteiger partial charge on any atom is 0.245 e. The maximum atomic E-state index is 13.6. The molecule has 1 aliphatic carbocycles. The van der Waals surface area contributed by atoms with E-state index in [9.17, 15) is 9.59 Å². The number of nitrogens with one attached hydrogen (secondary N) is 2. The van der Waals surface area contributed by atoms with Crippen molar-refractivity contribution >= 4 is 34.5 Å². The Bertz CT molecular complexity index is 1600. The summed E-state index contributed by atoms with van der Waals surface area (Å²) in [5.41, 5.74) is 4.69. The van der Waals surface area contributed by atoms with Crippen LogP contribution in [0.3, 0.4) is 0 Å². The first-order valence-corrected chi connectivity index (χ1v) is 17.7. The number of amides is 2. The highest BCUT2D eigenvalue weighted by Crippen LogP contribution is 2.39. The summed E-state index contributed by atoms with van der Waals surface area (Å²) in [6.45, 7) is 3.86. The summed E-state index contributed by atoms with van der Waals surface area (Å²) in [6, 6.07) is 17.4. The highest BCUT2D eigenvalue weighted by atomic mass is 32.1. The van der Waals surface area contributed by atoms with Crippen molar-refractivity contribution in [1.82, 2.24) is 25.5 Å². The number of carbonyl (C=O) groups excluding carboxylic acids is 2. The average molecular weight is 626 g/mol. The number of hydrogen-bond donors (Lipinski definition) is 2. The van der Waals surface area contributed by atoms with Crippen molar-refractivity contribution in [1.29, 1.82) is 0 Å². The van der Waals surface area contributed by atoms with Gasteiger partial charge < -0.3 is 15.5 Å². The van der Waals surface area contributed by atoms with Crippen molar-refractivity contribution in [3.05, 3.63) is 70.9 Å². The number of thiazole rings is 2. The minimum atomic E-state index is -0.441. The fourth-order valence-electron chi connectivity index (χ4n) is 6.38. The van der Waals surface area contributed by atoms with Gasteiger partial charge in [-0.25, -0.2) is 9.97 Å². The molecule has 2 aromatic carbocycles. The minimum Gasteiger partial charge on any atom is -0.344 e. The van der Waals surface area contributed by atoms with Gasteiger partial charge >= 0.3 is 0 Å². The van der Waals surface area contributed by atoms with Crippen LogP contribution in [0, 0.1) is 5.92 Å². The second-order valence-corrected chi connectivity index (χ2v) is 14.4. The summed E-state index contributed by atoms with van der Waals surface area (Å²) in [5.74, 6) is 0.173. The number of aromatic nitrogens is 2. The van der Waals surface area contributed by atoms with Crippen LogP contribution in [0.1, 0.15) is 80.4 Å². The van der Waals surface area contributed by atoms with E-state index in [1.54, 1.807) is 22.7 Å². The van der Waals surface area contributed by atoms with Crippen molar-refractivity contribution in [2.75, 3.05) is 13.1 Å². The fourth-order valence-corrected chi connectivity index (χ4v) is 8.48. The van der Waals surface area contributed by atoms with Crippen LogP contribution < -0.4 is 10.6 Å². The van der Waals surface area contributed by atoms with Crippen LogP contribution in [0.5, 0.6) is 0 Å². The molecule has 44 heavy (non-hydrogen) atoms. The van der Waals surface area contributed by atoms with Gasteiger partial charge in [0.25, 0.3) is 0 Å². The first-order valence-electron chi connectivity index (χ1n) is 16.0. The zero-order valence-corrected chi connectivity index (χ0v) is 26.8. The van der Waals surface area contributed by atoms with Gasteiger partial charge in [0.2, 0.25) is 11.8 Å². The SMILES string of the molecule is CCC[C@@H](NC(=O)C1CC1)C(=O)N1CCC[C@H]1c1ncc(-c2ccc(-c3ccc(-c4cnc([C@@H]5CCCN5)s4)cc3)cc2)s1. The molecule has 3 aliphatic rings. The zero-order chi connectivity index (χ0) is 30.0. The molecule has 228 valence electrons. The summed E-state index contributed by atoms with van der Waals surface area (Å²) in [7, 11) is 0. The van der Waals surface area contributed by atoms with Gasteiger partial charge in [0.15, 0.2) is 0 Å². The number of hydrogen-bond acceptors (Lipinski definition) is 7. The smallest absolute Gasteiger partial charge is 0.245 e. The highest BCUT2D eigenvalue weighted by Gasteiger charge is 2.38. The van der Waals surface area contributed by atoms with Crippen LogP contribution in [-0.4, -0.2) is 45.8 Å². The molecule has 1 saturated carbocycles. The van der Waals surface area contributed by atoms with Gasteiger partial charge in [0.1, 0.15) is 16.1 Å². The normalized spacial score (nSPS) is 20.6. The Balaban J connectivity index is 1.01. The van der Waals surface area contributed by atoms with E-state index in [2.05, 4.69) is 71.1 Å². The average Bonchev–Trinajstić information content (AvgIpc) is 3.55. The Morgan fingerprint density at radius 3 is 2.07 bits per heavy atom. The van der Waals surface area contributed by atoms with Crippen LogP contribution >= 0.6 is 22.7 Å². The molecule has 0 spiro atoms. The molecule has 4 heterocycles. The van der Waals surface area contributed by atoms with Crippen LogP contribution in [-0.2, 0) is 9.59 Å². The number of nitrogens with zero attached hydrogens (tertiary/aromatic N) is 3. The lowest BCUT2D eigenvalue weighted by atomic mass is 10.0. The van der Waals surface area contributed by atoms with Gasteiger partial charge in [-0.1, -0.05) is 61.9 Å². The largest absolute Gasteiger partial charge is 0.344 e. The Kier molecular flexibility index (Phi) is 8.60. The third kappa shape index (κ3) is 6.23. The van der Waals surface area contributed by atoms with Crippen LogP contribution in [0.25, 0.3) is 32.0 Å². The molecular formula is C35H39N5O2S2. The Labute approximate surface area is 267 Å². The summed E-state index contributed by atoms with van der Waals surface area (Å²) in [4.78, 5) is 39.8. The molecule has 3 atom stereocenters. The van der Waals surface area contributed by atoms with Gasteiger partial charge in [-0.3, -0.25) is 9.59 Å². The number of likely N-dealkylation sites (tertiary alicyclic amines) is 1. The molecule has 2 aliphatic heterocycles. The molecule has 2 amide bonds. The fraction of sp³-hybridized carbons (Fsp3) is 0.429. The first-order chi connectivity index (χ1) is 21.6. The zero-order valence-electron chi connectivity index (χ0n) is 25.1. The van der Waals surface area contributed by atoms with Gasteiger partial charge in [-0.05, 0) is 73.7 Å². The number of benzene rings is 2. The number of carbonyl (C=O) groups is 2.